The van der Waals surface area contributed by atoms with Gasteiger partial charge in [-0.05, 0) is 49.6 Å². The molecule has 1 heterocycles. The van der Waals surface area contributed by atoms with E-state index in [0.717, 1.165) is 5.69 Å². The maximum absolute atomic E-state index is 13.0. The van der Waals surface area contributed by atoms with Crippen molar-refractivity contribution in [1.82, 2.24) is 4.72 Å². The van der Waals surface area contributed by atoms with Crippen molar-refractivity contribution in [2.24, 2.45) is 11.7 Å². The zero-order valence-corrected chi connectivity index (χ0v) is 18.5. The number of nitrogens with two attached hydrogens (primary N) is 1. The number of hydrogen-bond acceptors (Lipinski definition) is 5. The monoisotopic (exact) mass is 444 g/mol. The Bertz CT molecular complexity index is 1080. The summed E-state index contributed by atoms with van der Waals surface area (Å²) in [7, 11) is -3.67. The van der Waals surface area contributed by atoms with E-state index < -0.39 is 10.0 Å². The summed E-state index contributed by atoms with van der Waals surface area (Å²) in [4.78, 5) is 26.6. The maximum Gasteiger partial charge on any atom is 0.256 e. The fraction of sp³-hybridized carbons (Fsp3) is 0.364. The number of carbonyl (C=O) groups excluding carboxylic acids is 2. The third kappa shape index (κ3) is 5.23. The molecule has 1 aliphatic rings. The summed E-state index contributed by atoms with van der Waals surface area (Å²) in [5.74, 6) is -0.781. The average Bonchev–Trinajstić information content (AvgIpc) is 2.74. The Labute approximate surface area is 182 Å². The molecule has 4 N–H and O–H groups in total. The van der Waals surface area contributed by atoms with Crippen molar-refractivity contribution in [2.75, 3.05) is 29.9 Å². The Morgan fingerprint density at radius 1 is 1.13 bits per heavy atom. The Hall–Kier alpha value is -2.91. The second-order valence-corrected chi connectivity index (χ2v) is 9.38. The predicted octanol–water partition coefficient (Wildman–Crippen LogP) is 2.25. The van der Waals surface area contributed by atoms with Gasteiger partial charge in [0.15, 0.2) is 0 Å². The minimum Gasteiger partial charge on any atom is -0.370 e. The van der Waals surface area contributed by atoms with E-state index in [9.17, 15) is 18.0 Å². The number of primary amides is 1. The normalized spacial score (nSPS) is 15.0. The van der Waals surface area contributed by atoms with Crippen molar-refractivity contribution in [3.63, 3.8) is 0 Å². The third-order valence-corrected chi connectivity index (χ3v) is 7.03. The topological polar surface area (TPSA) is 122 Å². The number of hydrogen-bond donors (Lipinski definition) is 3. The molecular formula is C22H28N4O4S. The van der Waals surface area contributed by atoms with E-state index >= 15 is 0 Å². The second-order valence-electron chi connectivity index (χ2n) is 7.61. The summed E-state index contributed by atoms with van der Waals surface area (Å²) in [6, 6.07) is 11.9. The number of nitrogens with zero attached hydrogens (tertiary/aromatic N) is 1. The molecule has 0 atom stereocenters. The smallest absolute Gasteiger partial charge is 0.256 e. The largest absolute Gasteiger partial charge is 0.370 e. The average molecular weight is 445 g/mol. The van der Waals surface area contributed by atoms with Gasteiger partial charge in [0.1, 0.15) is 0 Å². The molecule has 31 heavy (non-hydrogen) atoms. The number of carbonyl (C=O) groups is 2. The number of benzene rings is 2. The lowest BCUT2D eigenvalue weighted by Gasteiger charge is -2.33. The molecule has 1 aliphatic heterocycles. The van der Waals surface area contributed by atoms with Crippen LogP contribution in [-0.2, 0) is 14.8 Å². The third-order valence-electron chi connectivity index (χ3n) is 5.49. The lowest BCUT2D eigenvalue weighted by Crippen LogP contribution is -2.38. The van der Waals surface area contributed by atoms with Crippen LogP contribution in [0.4, 0.5) is 11.4 Å². The molecule has 1 saturated heterocycles. The van der Waals surface area contributed by atoms with E-state index in [4.69, 9.17) is 5.73 Å². The first kappa shape index (κ1) is 22.8. The minimum absolute atomic E-state index is 0.0481. The van der Waals surface area contributed by atoms with Crippen LogP contribution in [0.3, 0.4) is 0 Å². The highest BCUT2D eigenvalue weighted by molar-refractivity contribution is 7.89. The van der Waals surface area contributed by atoms with E-state index in [1.807, 2.05) is 24.3 Å². The number of piperidine rings is 1. The molecule has 0 aliphatic carbocycles. The SMILES string of the molecule is CCNS(=O)(=O)c1ccc(C)c(C(=O)Nc2ccccc2N2CCC(C(N)=O)CC2)c1. The van der Waals surface area contributed by atoms with Crippen LogP contribution in [-0.4, -0.2) is 39.9 Å². The highest BCUT2D eigenvalue weighted by Crippen LogP contribution is 2.30. The summed E-state index contributed by atoms with van der Waals surface area (Å²) in [6.45, 7) is 5.05. The maximum atomic E-state index is 13.0. The molecule has 2 aromatic carbocycles. The van der Waals surface area contributed by atoms with Crippen molar-refractivity contribution >= 4 is 33.2 Å². The molecule has 0 unspecified atom stereocenters. The van der Waals surface area contributed by atoms with Gasteiger partial charge < -0.3 is 16.0 Å². The molecule has 0 bridgehead atoms. The van der Waals surface area contributed by atoms with Gasteiger partial charge in [0, 0.05) is 31.1 Å². The van der Waals surface area contributed by atoms with E-state index in [1.165, 1.54) is 12.1 Å². The van der Waals surface area contributed by atoms with Crippen LogP contribution in [0.15, 0.2) is 47.4 Å². The predicted molar refractivity (Wildman–Crippen MR) is 121 cm³/mol. The van der Waals surface area contributed by atoms with Crippen molar-refractivity contribution in [3.8, 4) is 0 Å². The van der Waals surface area contributed by atoms with Crippen LogP contribution < -0.4 is 20.7 Å². The lowest BCUT2D eigenvalue weighted by molar-refractivity contribution is -0.122. The summed E-state index contributed by atoms with van der Waals surface area (Å²) in [5, 5.41) is 2.92. The fourth-order valence-electron chi connectivity index (χ4n) is 3.74. The van der Waals surface area contributed by atoms with Crippen LogP contribution in [0.5, 0.6) is 0 Å². The van der Waals surface area contributed by atoms with Crippen LogP contribution in [0, 0.1) is 12.8 Å². The molecule has 2 aromatic rings. The summed E-state index contributed by atoms with van der Waals surface area (Å²) in [6.07, 6.45) is 1.34. The van der Waals surface area contributed by atoms with Crippen molar-refractivity contribution in [3.05, 3.63) is 53.6 Å². The van der Waals surface area contributed by atoms with Crippen LogP contribution in [0.1, 0.15) is 35.7 Å². The van der Waals surface area contributed by atoms with Gasteiger partial charge in [-0.1, -0.05) is 25.1 Å². The molecule has 2 amide bonds. The Morgan fingerprint density at radius 3 is 2.45 bits per heavy atom. The van der Waals surface area contributed by atoms with Gasteiger partial charge >= 0.3 is 0 Å². The highest BCUT2D eigenvalue weighted by atomic mass is 32.2. The lowest BCUT2D eigenvalue weighted by atomic mass is 9.96. The zero-order chi connectivity index (χ0) is 22.6. The summed E-state index contributed by atoms with van der Waals surface area (Å²) >= 11 is 0. The number of para-hydroxylation sites is 2. The van der Waals surface area contributed by atoms with Gasteiger partial charge in [0.25, 0.3) is 5.91 Å². The molecule has 0 aromatic heterocycles. The van der Waals surface area contributed by atoms with E-state index in [0.29, 0.717) is 42.7 Å². The minimum atomic E-state index is -3.67. The Morgan fingerprint density at radius 2 is 1.81 bits per heavy atom. The van der Waals surface area contributed by atoms with Gasteiger partial charge in [0.2, 0.25) is 15.9 Å². The molecule has 1 fully saturated rings. The van der Waals surface area contributed by atoms with Crippen LogP contribution in [0.25, 0.3) is 0 Å². The number of anilines is 2. The molecule has 8 nitrogen and oxygen atoms in total. The van der Waals surface area contributed by atoms with Crippen LogP contribution >= 0.6 is 0 Å². The Kier molecular flexibility index (Phi) is 6.97. The quantitative estimate of drug-likeness (QED) is 0.605. The molecule has 0 saturated carbocycles. The number of amides is 2. The van der Waals surface area contributed by atoms with E-state index in [2.05, 4.69) is 14.9 Å². The molecular weight excluding hydrogens is 416 g/mol. The fourth-order valence-corrected chi connectivity index (χ4v) is 4.80. The molecule has 9 heteroatoms. The molecule has 166 valence electrons. The molecule has 3 rings (SSSR count). The van der Waals surface area contributed by atoms with Crippen molar-refractivity contribution in [1.29, 1.82) is 0 Å². The van der Waals surface area contributed by atoms with Crippen molar-refractivity contribution in [2.45, 2.75) is 31.6 Å². The van der Waals surface area contributed by atoms with Gasteiger partial charge in [-0.15, -0.1) is 0 Å². The highest BCUT2D eigenvalue weighted by Gasteiger charge is 2.25. The van der Waals surface area contributed by atoms with Gasteiger partial charge in [0.05, 0.1) is 16.3 Å². The number of sulfonamides is 1. The zero-order valence-electron chi connectivity index (χ0n) is 17.7. The van der Waals surface area contributed by atoms with Gasteiger partial charge in [-0.25, -0.2) is 13.1 Å². The number of nitrogens with one attached hydrogen (secondary N) is 2. The summed E-state index contributed by atoms with van der Waals surface area (Å²) < 4.78 is 27.1. The van der Waals surface area contributed by atoms with E-state index in [1.54, 1.807) is 19.9 Å². The molecule has 0 radical (unpaired) electrons. The van der Waals surface area contributed by atoms with Crippen LogP contribution in [0.2, 0.25) is 0 Å². The number of aryl methyl sites for hydroxylation is 1. The van der Waals surface area contributed by atoms with E-state index in [-0.39, 0.29) is 29.2 Å². The first-order chi connectivity index (χ1) is 14.7. The second kappa shape index (κ2) is 9.49. The van der Waals surface area contributed by atoms with Crippen molar-refractivity contribution < 1.29 is 18.0 Å². The first-order valence-corrected chi connectivity index (χ1v) is 11.8. The Balaban J connectivity index is 1.83. The first-order valence-electron chi connectivity index (χ1n) is 10.3. The van der Waals surface area contributed by atoms with Gasteiger partial charge in [-0.3, -0.25) is 9.59 Å². The standard InChI is InChI=1S/C22H28N4O4S/c1-3-24-31(29,30)17-9-8-15(2)18(14-17)22(28)25-19-6-4-5-7-20(19)26-12-10-16(11-13-26)21(23)27/h4-9,14,16,24H,3,10-13H2,1-2H3,(H2,23,27)(H,25,28). The summed E-state index contributed by atoms with van der Waals surface area (Å²) in [5.41, 5.74) is 7.88. The number of rotatable bonds is 7. The molecule has 0 spiro atoms. The van der Waals surface area contributed by atoms with Gasteiger partial charge in [-0.2, -0.15) is 0 Å².